The fourth-order valence-electron chi connectivity index (χ4n) is 0. The van der Waals surface area contributed by atoms with Crippen LogP contribution >= 0.6 is 15.9 Å². The van der Waals surface area contributed by atoms with Crippen molar-refractivity contribution in [2.45, 2.75) is 0 Å². The zero-order chi connectivity index (χ0) is 3.41. The quantitative estimate of drug-likeness (QED) is 0.289. The molecule has 0 aliphatic rings. The Balaban J connectivity index is 2.55. The molecule has 2 nitrogen and oxygen atoms in total. The topological polar surface area (TPSA) is 32.6 Å². The lowest BCUT2D eigenvalue weighted by Gasteiger charge is -1.52. The van der Waals surface area contributed by atoms with Gasteiger partial charge in [0, 0.05) is 0 Å². The highest BCUT2D eigenvalue weighted by atomic mass is 79.9. The third kappa shape index (κ3) is 1.95. The van der Waals surface area contributed by atoms with E-state index in [-0.39, 0.29) is 0 Å². The second-order valence-corrected chi connectivity index (χ2v) is 0.623. The maximum absolute atomic E-state index is 7.40. The van der Waals surface area contributed by atoms with Crippen LogP contribution in [-0.4, -0.2) is 10.3 Å². The molecule has 3 heteroatoms. The molecule has 24 valence electrons. The summed E-state index contributed by atoms with van der Waals surface area (Å²) in [6.07, 6.45) is 0. The van der Waals surface area contributed by atoms with Crippen LogP contribution in [0, 0.1) is 0 Å². The zero-order valence-corrected chi connectivity index (χ0v) is 3.44. The first-order chi connectivity index (χ1) is 1.91. The summed E-state index contributed by atoms with van der Waals surface area (Å²) in [5.74, 6) is 0. The van der Waals surface area contributed by atoms with Crippen molar-refractivity contribution < 1.29 is 5.21 Å². The van der Waals surface area contributed by atoms with E-state index in [9.17, 15) is 0 Å². The molecule has 0 aromatic carbocycles. The molecule has 0 rings (SSSR count). The van der Waals surface area contributed by atoms with Gasteiger partial charge in [-0.3, -0.25) is 0 Å². The van der Waals surface area contributed by atoms with Crippen molar-refractivity contribution in [3.05, 3.63) is 0 Å². The molecule has 0 aromatic heterocycles. The Labute approximate surface area is 32.3 Å². The summed E-state index contributed by atoms with van der Waals surface area (Å²) in [7, 11) is 0. The van der Waals surface area contributed by atoms with Crippen LogP contribution in [0.2, 0.25) is 0 Å². The van der Waals surface area contributed by atoms with Crippen molar-refractivity contribution in [1.82, 2.24) is 0 Å². The highest BCUT2D eigenvalue weighted by Gasteiger charge is 1.37. The number of hydrogen-bond acceptors (Lipinski definition) is 2. The molecule has 0 saturated carbocycles. The predicted molar refractivity (Wildman–Crippen MR) is 19.2 cm³/mol. The number of halogens is 1. The normalized spacial score (nSPS) is 9.25. The van der Waals surface area contributed by atoms with Gasteiger partial charge in [-0.25, -0.2) is 0 Å². The maximum atomic E-state index is 7.40. The van der Waals surface area contributed by atoms with Crippen LogP contribution in [0.4, 0.5) is 0 Å². The van der Waals surface area contributed by atoms with Gasteiger partial charge in [-0.2, -0.15) is 0 Å². The zero-order valence-electron chi connectivity index (χ0n) is 1.85. The van der Waals surface area contributed by atoms with Crippen molar-refractivity contribution in [2.24, 2.45) is 5.16 Å². The van der Waals surface area contributed by atoms with Gasteiger partial charge in [0.15, 0.2) is 0 Å². The van der Waals surface area contributed by atoms with Crippen LogP contribution < -0.4 is 0 Å². The van der Waals surface area contributed by atoms with Gasteiger partial charge in [0.1, 0.15) is 5.12 Å². The summed E-state index contributed by atoms with van der Waals surface area (Å²) >= 11 is 2.71. The Morgan fingerprint density at radius 2 is 2.25 bits per heavy atom. The third-order valence-electron chi connectivity index (χ3n) is 0.0436. The van der Waals surface area contributed by atoms with Gasteiger partial charge in [-0.1, -0.05) is 5.16 Å². The van der Waals surface area contributed by atoms with E-state index in [1.54, 1.807) is 0 Å². The summed E-state index contributed by atoms with van der Waals surface area (Å²) in [6.45, 7) is 0. The molecule has 1 N–H and O–H groups in total. The molecule has 0 amide bonds. The van der Waals surface area contributed by atoms with E-state index in [0.29, 0.717) is 0 Å². The lowest BCUT2D eigenvalue weighted by atomic mass is 11.7. The van der Waals surface area contributed by atoms with Crippen LogP contribution in [-0.2, 0) is 0 Å². The van der Waals surface area contributed by atoms with Gasteiger partial charge in [0.25, 0.3) is 0 Å². The van der Waals surface area contributed by atoms with Crippen LogP contribution in [0.5, 0.6) is 0 Å². The van der Waals surface area contributed by atoms with Crippen molar-refractivity contribution in [2.75, 3.05) is 0 Å². The predicted octanol–water partition coefficient (Wildman–Crippen LogP) is 0.799. The summed E-state index contributed by atoms with van der Waals surface area (Å²) in [5.41, 5.74) is 0. The van der Waals surface area contributed by atoms with Gasteiger partial charge in [0.05, 0.1) is 0 Å². The smallest absolute Gasteiger partial charge is 0.109 e. The SMILES string of the molecule is O/N=C/Br. The molecule has 0 unspecified atom stereocenters. The Morgan fingerprint density at radius 1 is 2.00 bits per heavy atom. The average Bonchev–Trinajstić information content (AvgIpc) is 1.37. The molecular weight excluding hydrogens is 122 g/mol. The summed E-state index contributed by atoms with van der Waals surface area (Å²) in [4.78, 5) is 0. The molecule has 0 aromatic rings. The lowest BCUT2D eigenvalue weighted by Crippen LogP contribution is -1.42. The fraction of sp³-hybridized carbons (Fsp3) is 0. The first-order valence-corrected chi connectivity index (χ1v) is 1.59. The summed E-state index contributed by atoms with van der Waals surface area (Å²) in [6, 6.07) is 0. The van der Waals surface area contributed by atoms with Crippen LogP contribution in [0.15, 0.2) is 5.16 Å². The second kappa shape index (κ2) is 2.95. The maximum Gasteiger partial charge on any atom is 0.109 e. The molecule has 4 heavy (non-hydrogen) atoms. The molecule has 0 spiro atoms. The van der Waals surface area contributed by atoms with Crippen molar-refractivity contribution >= 4 is 21.1 Å². The fourth-order valence-corrected chi connectivity index (χ4v) is 0. The molecule has 0 aliphatic heterocycles. The monoisotopic (exact) mass is 123 g/mol. The number of hydrogen-bond donors (Lipinski definition) is 1. The molecule has 0 atom stereocenters. The van der Waals surface area contributed by atoms with Crippen LogP contribution in [0.25, 0.3) is 0 Å². The standard InChI is InChI=1S/CH2BrNO/c2-1-3-4/h1,4H/b3-1+. The third-order valence-corrected chi connectivity index (χ3v) is 0.227. The number of rotatable bonds is 0. The average molecular weight is 124 g/mol. The molecule has 0 saturated heterocycles. The van der Waals surface area contributed by atoms with Gasteiger partial charge in [-0.15, -0.1) is 0 Å². The molecule has 0 radical (unpaired) electrons. The van der Waals surface area contributed by atoms with E-state index in [2.05, 4.69) is 21.1 Å². The Bertz CT molecular complexity index is 23.2. The Kier molecular flexibility index (Phi) is 2.91. The van der Waals surface area contributed by atoms with Crippen LogP contribution in [0.1, 0.15) is 0 Å². The van der Waals surface area contributed by atoms with E-state index in [0.717, 1.165) is 5.12 Å². The summed E-state index contributed by atoms with van der Waals surface area (Å²) < 4.78 is 0. The van der Waals surface area contributed by atoms with E-state index >= 15 is 0 Å². The van der Waals surface area contributed by atoms with Crippen molar-refractivity contribution in [3.8, 4) is 0 Å². The van der Waals surface area contributed by atoms with E-state index in [1.807, 2.05) is 0 Å². The minimum atomic E-state index is 1.12. The van der Waals surface area contributed by atoms with Crippen molar-refractivity contribution in [3.63, 3.8) is 0 Å². The van der Waals surface area contributed by atoms with Gasteiger partial charge in [0.2, 0.25) is 0 Å². The van der Waals surface area contributed by atoms with Gasteiger partial charge < -0.3 is 5.21 Å². The summed E-state index contributed by atoms with van der Waals surface area (Å²) in [5, 5.41) is 11.0. The number of nitrogens with zero attached hydrogens (tertiary/aromatic N) is 1. The second-order valence-electron chi connectivity index (χ2n) is 0.213. The number of oxime groups is 1. The highest BCUT2D eigenvalue weighted by Crippen LogP contribution is 1.60. The Morgan fingerprint density at radius 3 is 2.25 bits per heavy atom. The minimum Gasteiger partial charge on any atom is -0.410 e. The van der Waals surface area contributed by atoms with Gasteiger partial charge >= 0.3 is 0 Å². The highest BCUT2D eigenvalue weighted by molar-refractivity contribution is 9.17. The lowest BCUT2D eigenvalue weighted by molar-refractivity contribution is 0.323. The van der Waals surface area contributed by atoms with Crippen LogP contribution in [0.3, 0.4) is 0 Å². The molecule has 0 fully saturated rings. The minimum absolute atomic E-state index is 1.12. The molecule has 0 bridgehead atoms. The van der Waals surface area contributed by atoms with E-state index in [1.165, 1.54) is 0 Å². The van der Waals surface area contributed by atoms with E-state index in [4.69, 9.17) is 5.21 Å². The first kappa shape index (κ1) is 3.95. The Hall–Kier alpha value is -0.0500. The largest absolute Gasteiger partial charge is 0.410 e. The molecular formula is CH2BrNO. The first-order valence-electron chi connectivity index (χ1n) is 0.676. The van der Waals surface area contributed by atoms with E-state index < -0.39 is 0 Å². The van der Waals surface area contributed by atoms with Crippen molar-refractivity contribution in [1.29, 1.82) is 0 Å². The van der Waals surface area contributed by atoms with Gasteiger partial charge in [-0.05, 0) is 15.9 Å². The molecule has 0 aliphatic carbocycles. The molecule has 0 heterocycles.